The van der Waals surface area contributed by atoms with E-state index in [1.54, 1.807) is 18.6 Å². The van der Waals surface area contributed by atoms with E-state index in [1.165, 1.54) is 17.2 Å². The molecule has 0 aliphatic carbocycles. The van der Waals surface area contributed by atoms with Gasteiger partial charge in [-0.3, -0.25) is 0 Å². The van der Waals surface area contributed by atoms with E-state index in [0.717, 1.165) is 11.0 Å². The van der Waals surface area contributed by atoms with Gasteiger partial charge in [0.15, 0.2) is 0 Å². The van der Waals surface area contributed by atoms with Crippen molar-refractivity contribution in [2.24, 2.45) is 0 Å². The molecule has 2 aromatic carbocycles. The summed E-state index contributed by atoms with van der Waals surface area (Å²) in [5, 5.41) is 3.32. The molecule has 1 heterocycles. The molecule has 0 spiro atoms. The molecule has 3 nitrogen and oxygen atoms in total. The smallest absolute Gasteiger partial charge is 0.128 e. The third-order valence-corrected chi connectivity index (χ3v) is 4.17. The largest absolute Gasteiger partial charge is 0.333 e. The number of hydrogen-bond donors (Lipinski definition) is 1. The molecule has 3 aromatic rings. The zero-order chi connectivity index (χ0) is 16.1. The molecule has 0 atom stereocenters. The number of halogens is 2. The lowest BCUT2D eigenvalue weighted by molar-refractivity contribution is 0.586. The Morgan fingerprint density at radius 3 is 2.57 bits per heavy atom. The Hall–Kier alpha value is -1.98. The molecule has 0 amide bonds. The van der Waals surface area contributed by atoms with E-state index in [9.17, 15) is 4.39 Å². The summed E-state index contributed by atoms with van der Waals surface area (Å²) < 4.78 is 16.6. The highest BCUT2D eigenvalue weighted by molar-refractivity contribution is 9.10. The van der Waals surface area contributed by atoms with Gasteiger partial charge in [-0.15, -0.1) is 0 Å². The van der Waals surface area contributed by atoms with Crippen LogP contribution in [0.1, 0.15) is 16.7 Å². The average Bonchev–Trinajstić information content (AvgIpc) is 3.04. The summed E-state index contributed by atoms with van der Waals surface area (Å²) in [5.74, 6) is -0.196. The Morgan fingerprint density at radius 2 is 1.83 bits per heavy atom. The lowest BCUT2D eigenvalue weighted by atomic mass is 10.1. The molecule has 0 aliphatic heterocycles. The Labute approximate surface area is 143 Å². The first-order chi connectivity index (χ1) is 11.2. The lowest BCUT2D eigenvalue weighted by Gasteiger charge is -2.12. The number of aromatic nitrogens is 2. The molecule has 0 radical (unpaired) electrons. The number of nitrogens with zero attached hydrogens (tertiary/aromatic N) is 2. The molecule has 1 N–H and O–H groups in total. The van der Waals surface area contributed by atoms with Crippen LogP contribution in [0.25, 0.3) is 0 Å². The SMILES string of the molecule is Fc1cc(Br)ccc1CNCc1ccccc1Cn1ccnc1. The van der Waals surface area contributed by atoms with Crippen molar-refractivity contribution >= 4 is 15.9 Å². The molecule has 0 saturated carbocycles. The van der Waals surface area contributed by atoms with Crippen LogP contribution in [0, 0.1) is 5.82 Å². The van der Waals surface area contributed by atoms with Crippen molar-refractivity contribution in [3.8, 4) is 0 Å². The molecular formula is C18H17BrFN3. The Bertz CT molecular complexity index is 772. The first-order valence-corrected chi connectivity index (χ1v) is 8.19. The minimum absolute atomic E-state index is 0.196. The van der Waals surface area contributed by atoms with Crippen molar-refractivity contribution in [1.82, 2.24) is 14.9 Å². The highest BCUT2D eigenvalue weighted by Gasteiger charge is 2.05. The molecule has 0 aliphatic rings. The van der Waals surface area contributed by atoms with Crippen LogP contribution in [-0.4, -0.2) is 9.55 Å². The fourth-order valence-electron chi connectivity index (χ4n) is 2.46. The van der Waals surface area contributed by atoms with E-state index in [0.29, 0.717) is 18.7 Å². The van der Waals surface area contributed by atoms with Crippen LogP contribution >= 0.6 is 15.9 Å². The van der Waals surface area contributed by atoms with Gasteiger partial charge in [-0.2, -0.15) is 0 Å². The van der Waals surface area contributed by atoms with Crippen molar-refractivity contribution < 1.29 is 4.39 Å². The van der Waals surface area contributed by atoms with E-state index in [1.807, 2.05) is 29.0 Å². The number of rotatable bonds is 6. The monoisotopic (exact) mass is 373 g/mol. The Morgan fingerprint density at radius 1 is 1.04 bits per heavy atom. The van der Waals surface area contributed by atoms with Crippen molar-refractivity contribution in [2.75, 3.05) is 0 Å². The summed E-state index contributed by atoms with van der Waals surface area (Å²) >= 11 is 3.27. The van der Waals surface area contributed by atoms with E-state index >= 15 is 0 Å². The fourth-order valence-corrected chi connectivity index (χ4v) is 2.79. The molecule has 0 bridgehead atoms. The molecule has 0 fully saturated rings. The van der Waals surface area contributed by atoms with Gasteiger partial charge in [0, 0.05) is 42.1 Å². The van der Waals surface area contributed by atoms with Gasteiger partial charge >= 0.3 is 0 Å². The average molecular weight is 374 g/mol. The van der Waals surface area contributed by atoms with E-state index in [2.05, 4.69) is 38.4 Å². The van der Waals surface area contributed by atoms with Crippen molar-refractivity contribution in [3.05, 3.63) is 88.2 Å². The predicted octanol–water partition coefficient (Wildman–Crippen LogP) is 4.12. The van der Waals surface area contributed by atoms with Gasteiger partial charge in [-0.1, -0.05) is 46.3 Å². The second kappa shape index (κ2) is 7.53. The highest BCUT2D eigenvalue weighted by atomic mass is 79.9. The summed E-state index contributed by atoms with van der Waals surface area (Å²) in [5.41, 5.74) is 3.10. The van der Waals surface area contributed by atoms with Gasteiger partial charge in [-0.05, 0) is 23.3 Å². The summed E-state index contributed by atoms with van der Waals surface area (Å²) in [6, 6.07) is 13.4. The standard InChI is InChI=1S/C18H17BrFN3/c19-17-6-5-15(18(20)9-17)11-22-10-14-3-1-2-4-16(14)12-23-8-7-21-13-23/h1-9,13,22H,10-12H2. The zero-order valence-corrected chi connectivity index (χ0v) is 14.1. The third kappa shape index (κ3) is 4.27. The molecule has 0 unspecified atom stereocenters. The molecule has 5 heteroatoms. The van der Waals surface area contributed by atoms with Gasteiger partial charge < -0.3 is 9.88 Å². The van der Waals surface area contributed by atoms with E-state index in [-0.39, 0.29) is 5.82 Å². The van der Waals surface area contributed by atoms with Crippen LogP contribution in [0.3, 0.4) is 0 Å². The van der Waals surface area contributed by atoms with Gasteiger partial charge in [0.1, 0.15) is 5.82 Å². The molecular weight excluding hydrogens is 357 g/mol. The zero-order valence-electron chi connectivity index (χ0n) is 12.5. The lowest BCUT2D eigenvalue weighted by Crippen LogP contribution is -2.15. The second-order valence-electron chi connectivity index (χ2n) is 5.34. The van der Waals surface area contributed by atoms with Gasteiger partial charge in [0.2, 0.25) is 0 Å². The topological polar surface area (TPSA) is 29.9 Å². The maximum atomic E-state index is 13.8. The van der Waals surface area contributed by atoms with Crippen LogP contribution in [-0.2, 0) is 19.6 Å². The normalized spacial score (nSPS) is 10.9. The predicted molar refractivity (Wildman–Crippen MR) is 92.4 cm³/mol. The van der Waals surface area contributed by atoms with Crippen molar-refractivity contribution in [3.63, 3.8) is 0 Å². The quantitative estimate of drug-likeness (QED) is 0.704. The van der Waals surface area contributed by atoms with Crippen LogP contribution in [0.5, 0.6) is 0 Å². The van der Waals surface area contributed by atoms with Gasteiger partial charge in [0.25, 0.3) is 0 Å². The molecule has 118 valence electrons. The van der Waals surface area contributed by atoms with Crippen LogP contribution in [0.15, 0.2) is 65.7 Å². The maximum absolute atomic E-state index is 13.8. The second-order valence-corrected chi connectivity index (χ2v) is 6.26. The summed E-state index contributed by atoms with van der Waals surface area (Å²) in [4.78, 5) is 4.07. The molecule has 0 saturated heterocycles. The Balaban J connectivity index is 1.64. The molecule has 23 heavy (non-hydrogen) atoms. The van der Waals surface area contributed by atoms with Gasteiger partial charge in [0.05, 0.1) is 6.33 Å². The number of benzene rings is 2. The first kappa shape index (κ1) is 15.9. The summed E-state index contributed by atoms with van der Waals surface area (Å²) in [7, 11) is 0. The maximum Gasteiger partial charge on any atom is 0.128 e. The number of imidazole rings is 1. The van der Waals surface area contributed by atoms with Crippen molar-refractivity contribution in [1.29, 1.82) is 0 Å². The highest BCUT2D eigenvalue weighted by Crippen LogP contribution is 2.16. The van der Waals surface area contributed by atoms with E-state index < -0.39 is 0 Å². The minimum atomic E-state index is -0.196. The Kier molecular flexibility index (Phi) is 5.20. The summed E-state index contributed by atoms with van der Waals surface area (Å²) in [6.07, 6.45) is 5.53. The minimum Gasteiger partial charge on any atom is -0.333 e. The van der Waals surface area contributed by atoms with Crippen LogP contribution < -0.4 is 5.32 Å². The van der Waals surface area contributed by atoms with Crippen LogP contribution in [0.4, 0.5) is 4.39 Å². The number of hydrogen-bond acceptors (Lipinski definition) is 2. The van der Waals surface area contributed by atoms with E-state index in [4.69, 9.17) is 0 Å². The summed E-state index contributed by atoms with van der Waals surface area (Å²) in [6.45, 7) is 1.98. The molecule has 3 rings (SSSR count). The molecule has 1 aromatic heterocycles. The number of nitrogens with one attached hydrogen (secondary N) is 1. The first-order valence-electron chi connectivity index (χ1n) is 7.39. The van der Waals surface area contributed by atoms with Gasteiger partial charge in [-0.25, -0.2) is 9.37 Å². The fraction of sp³-hybridized carbons (Fsp3) is 0.167. The van der Waals surface area contributed by atoms with Crippen LogP contribution in [0.2, 0.25) is 0 Å². The third-order valence-electron chi connectivity index (χ3n) is 3.68. The van der Waals surface area contributed by atoms with Crippen molar-refractivity contribution in [2.45, 2.75) is 19.6 Å².